The van der Waals surface area contributed by atoms with Gasteiger partial charge in [0.15, 0.2) is 0 Å². The van der Waals surface area contributed by atoms with Gasteiger partial charge in [-0.25, -0.2) is 19.9 Å². The van der Waals surface area contributed by atoms with Crippen molar-refractivity contribution in [2.24, 2.45) is 10.8 Å². The van der Waals surface area contributed by atoms with Crippen LogP contribution in [0.4, 0.5) is 0 Å². The molecule has 2 aromatic heterocycles. The second kappa shape index (κ2) is 8.79. The molecule has 2 aromatic carbocycles. The Hall–Kier alpha value is -3.94. The van der Waals surface area contributed by atoms with Crippen molar-refractivity contribution in [3.8, 4) is 0 Å². The van der Waals surface area contributed by atoms with E-state index in [4.69, 9.17) is 0 Å². The second-order valence-corrected chi connectivity index (χ2v) is 12.3. The second-order valence-electron chi connectivity index (χ2n) is 12.3. The Morgan fingerprint density at radius 3 is 1.28 bits per heavy atom. The van der Waals surface area contributed by atoms with Gasteiger partial charge < -0.3 is 9.80 Å². The summed E-state index contributed by atoms with van der Waals surface area (Å²) in [5.41, 5.74) is 7.44. The van der Waals surface area contributed by atoms with E-state index in [2.05, 4.69) is 33.8 Å². The number of amides is 2. The zero-order chi connectivity index (χ0) is 27.7. The van der Waals surface area contributed by atoms with Gasteiger partial charge >= 0.3 is 0 Å². The first-order chi connectivity index (χ1) is 18.4. The summed E-state index contributed by atoms with van der Waals surface area (Å²) in [5, 5.41) is 0. The van der Waals surface area contributed by atoms with Crippen LogP contribution in [-0.4, -0.2) is 67.7 Å². The van der Waals surface area contributed by atoms with Gasteiger partial charge in [-0.05, 0) is 70.5 Å². The maximum Gasteiger partial charge on any atom is 0.253 e. The lowest BCUT2D eigenvalue weighted by atomic mass is 9.65. The molecule has 2 saturated heterocycles. The van der Waals surface area contributed by atoms with E-state index >= 15 is 0 Å². The highest BCUT2D eigenvalue weighted by atomic mass is 16.2. The molecule has 0 saturated carbocycles. The Labute approximate surface area is 228 Å². The molecule has 4 heterocycles. The number of hydrogen-bond acceptors (Lipinski definition) is 6. The predicted molar refractivity (Wildman–Crippen MR) is 151 cm³/mol. The molecule has 2 aliphatic heterocycles. The lowest BCUT2D eigenvalue weighted by Crippen LogP contribution is -2.64. The van der Waals surface area contributed by atoms with Crippen LogP contribution in [0.1, 0.15) is 63.8 Å². The van der Waals surface area contributed by atoms with Gasteiger partial charge in [0.05, 0.1) is 44.8 Å². The largest absolute Gasteiger partial charge is 0.337 e. The predicted octanol–water partition coefficient (Wildman–Crippen LogP) is 4.82. The third kappa shape index (κ3) is 4.51. The van der Waals surface area contributed by atoms with Crippen LogP contribution in [0.3, 0.4) is 0 Å². The molecule has 0 spiro atoms. The number of nitrogens with zero attached hydrogens (tertiary/aromatic N) is 6. The molecule has 2 aliphatic rings. The van der Waals surface area contributed by atoms with Crippen LogP contribution in [0.2, 0.25) is 0 Å². The SMILES string of the molecule is Cc1nc2ccc(C(=O)N3CC4(C)CN(C(=O)c5ccc6nc(C)c(C)nc6c5)CC(C)(C3)C4)cc2nc1C. The van der Waals surface area contributed by atoms with Crippen molar-refractivity contribution in [3.63, 3.8) is 0 Å². The van der Waals surface area contributed by atoms with Crippen LogP contribution in [0.15, 0.2) is 36.4 Å². The number of carbonyl (C=O) groups excluding carboxylic acids is 2. The summed E-state index contributed by atoms with van der Waals surface area (Å²) in [7, 11) is 0. The van der Waals surface area contributed by atoms with Crippen molar-refractivity contribution >= 4 is 33.9 Å². The van der Waals surface area contributed by atoms with E-state index in [0.717, 1.165) is 51.3 Å². The highest BCUT2D eigenvalue weighted by Gasteiger charge is 2.50. The number of benzene rings is 2. The summed E-state index contributed by atoms with van der Waals surface area (Å²) < 4.78 is 0. The Morgan fingerprint density at radius 1 is 0.590 bits per heavy atom. The molecule has 0 radical (unpaired) electrons. The van der Waals surface area contributed by atoms with E-state index in [-0.39, 0.29) is 22.6 Å². The van der Waals surface area contributed by atoms with Gasteiger partial charge in [0.1, 0.15) is 0 Å². The van der Waals surface area contributed by atoms with Crippen molar-refractivity contribution in [2.45, 2.75) is 48.0 Å². The fourth-order valence-electron chi connectivity index (χ4n) is 6.69. The van der Waals surface area contributed by atoms with Crippen molar-refractivity contribution in [1.82, 2.24) is 29.7 Å². The quantitative estimate of drug-likeness (QED) is 0.375. The van der Waals surface area contributed by atoms with Gasteiger partial charge in [-0.2, -0.15) is 0 Å². The first kappa shape index (κ1) is 25.3. The molecule has 0 aliphatic carbocycles. The summed E-state index contributed by atoms with van der Waals surface area (Å²) in [6.45, 7) is 14.5. The van der Waals surface area contributed by atoms with Crippen molar-refractivity contribution in [3.05, 3.63) is 70.3 Å². The van der Waals surface area contributed by atoms with Gasteiger partial charge in [0.2, 0.25) is 0 Å². The van der Waals surface area contributed by atoms with Crippen LogP contribution < -0.4 is 0 Å². The molecule has 200 valence electrons. The minimum absolute atomic E-state index is 0.00706. The topological polar surface area (TPSA) is 92.2 Å². The third-order valence-corrected chi connectivity index (χ3v) is 8.36. The van der Waals surface area contributed by atoms with Gasteiger partial charge in [0, 0.05) is 48.1 Å². The number of carbonyl (C=O) groups is 2. The maximum absolute atomic E-state index is 13.7. The molecule has 8 nitrogen and oxygen atoms in total. The number of rotatable bonds is 2. The molecule has 2 fully saturated rings. The Morgan fingerprint density at radius 2 is 0.923 bits per heavy atom. The maximum atomic E-state index is 13.7. The molecule has 39 heavy (non-hydrogen) atoms. The standard InChI is InChI=1S/C31H34N6O2/c1-18-20(3)34-26-11-22(7-9-24(26)32-18)28(38)36-14-30(5)13-31(6,15-36)17-37(16-30)29(39)23-8-10-25-27(12-23)35-21(4)19(2)33-25/h7-12H,13-17H2,1-6H3. The van der Waals surface area contributed by atoms with Crippen molar-refractivity contribution in [2.75, 3.05) is 26.2 Å². The highest BCUT2D eigenvalue weighted by Crippen LogP contribution is 2.46. The van der Waals surface area contributed by atoms with Gasteiger partial charge in [-0.15, -0.1) is 0 Å². The molecule has 2 bridgehead atoms. The first-order valence-corrected chi connectivity index (χ1v) is 13.5. The molecule has 0 atom stereocenters. The van der Waals surface area contributed by atoms with Crippen LogP contribution in [0.25, 0.3) is 22.1 Å². The van der Waals surface area contributed by atoms with Crippen molar-refractivity contribution < 1.29 is 9.59 Å². The summed E-state index contributed by atoms with van der Waals surface area (Å²) in [6.07, 6.45) is 0.969. The third-order valence-electron chi connectivity index (χ3n) is 8.36. The zero-order valence-electron chi connectivity index (χ0n) is 23.5. The Bertz CT molecular complexity index is 1540. The Kier molecular flexibility index (Phi) is 5.72. The van der Waals surface area contributed by atoms with E-state index in [1.54, 1.807) is 0 Å². The summed E-state index contributed by atoms with van der Waals surface area (Å²) in [6, 6.07) is 11.2. The van der Waals surface area contributed by atoms with Gasteiger partial charge in [-0.1, -0.05) is 13.8 Å². The molecule has 2 amide bonds. The van der Waals surface area contributed by atoms with E-state index in [1.807, 2.05) is 73.9 Å². The highest BCUT2D eigenvalue weighted by molar-refractivity contribution is 5.98. The zero-order valence-corrected chi connectivity index (χ0v) is 23.5. The van der Waals surface area contributed by atoms with Gasteiger partial charge in [-0.3, -0.25) is 9.59 Å². The monoisotopic (exact) mass is 522 g/mol. The van der Waals surface area contributed by atoms with E-state index < -0.39 is 0 Å². The van der Waals surface area contributed by atoms with Crippen LogP contribution >= 0.6 is 0 Å². The van der Waals surface area contributed by atoms with Gasteiger partial charge in [0.25, 0.3) is 11.8 Å². The first-order valence-electron chi connectivity index (χ1n) is 13.5. The number of aromatic nitrogens is 4. The molecule has 0 N–H and O–H groups in total. The number of aryl methyl sites for hydroxylation is 4. The minimum Gasteiger partial charge on any atom is -0.337 e. The summed E-state index contributed by atoms with van der Waals surface area (Å²) in [5.74, 6) is 0.0141. The average molecular weight is 523 g/mol. The fraction of sp³-hybridized carbons (Fsp3) is 0.419. The lowest BCUT2D eigenvalue weighted by Gasteiger charge is -2.56. The Balaban J connectivity index is 1.24. The number of fused-ring (bicyclic) bond motifs is 4. The minimum atomic E-state index is -0.203. The van der Waals surface area contributed by atoms with Crippen LogP contribution in [-0.2, 0) is 0 Å². The molecule has 8 heteroatoms. The van der Waals surface area contributed by atoms with E-state index in [0.29, 0.717) is 37.3 Å². The lowest BCUT2D eigenvalue weighted by molar-refractivity contribution is -0.0538. The van der Waals surface area contributed by atoms with E-state index in [9.17, 15) is 9.59 Å². The number of hydrogen-bond donors (Lipinski definition) is 0. The number of piperidine rings is 2. The molecular formula is C31H34N6O2. The summed E-state index contributed by atoms with van der Waals surface area (Å²) >= 11 is 0. The molecule has 0 unspecified atom stereocenters. The number of likely N-dealkylation sites (tertiary alicyclic amines) is 2. The average Bonchev–Trinajstić information content (AvgIpc) is 2.87. The molecule has 4 aromatic rings. The van der Waals surface area contributed by atoms with Crippen LogP contribution in [0, 0.1) is 38.5 Å². The summed E-state index contributed by atoms with van der Waals surface area (Å²) in [4.78, 5) is 49.9. The normalized spacial score (nSPS) is 22.9. The van der Waals surface area contributed by atoms with E-state index in [1.165, 1.54) is 0 Å². The smallest absolute Gasteiger partial charge is 0.253 e. The van der Waals surface area contributed by atoms with Crippen molar-refractivity contribution in [1.29, 1.82) is 0 Å². The fourth-order valence-corrected chi connectivity index (χ4v) is 6.69. The van der Waals surface area contributed by atoms with Crippen LogP contribution in [0.5, 0.6) is 0 Å². The molecular weight excluding hydrogens is 488 g/mol. The molecule has 6 rings (SSSR count).